The maximum Gasteiger partial charge on any atom is 0.308 e. The van der Waals surface area contributed by atoms with Crippen molar-refractivity contribution in [3.8, 4) is 0 Å². The Bertz CT molecular complexity index is 859. The summed E-state index contributed by atoms with van der Waals surface area (Å²) >= 11 is 0. The summed E-state index contributed by atoms with van der Waals surface area (Å²) in [6.07, 6.45) is -0.203. The van der Waals surface area contributed by atoms with Crippen molar-refractivity contribution in [2.24, 2.45) is 0 Å². The van der Waals surface area contributed by atoms with Crippen LogP contribution in [0.3, 0.4) is 0 Å². The minimum absolute atomic E-state index is 0.203. The number of rotatable bonds is 5. The van der Waals surface area contributed by atoms with Crippen molar-refractivity contribution in [3.63, 3.8) is 0 Å². The number of ether oxygens (including phenoxy) is 2. The minimum Gasteiger partial charge on any atom is -0.469 e. The molecule has 0 bridgehead atoms. The molecule has 0 N–H and O–H groups in total. The fraction of sp³-hybridized carbons (Fsp3) is 0.389. The van der Waals surface area contributed by atoms with Crippen LogP contribution in [0.5, 0.6) is 0 Å². The fourth-order valence-corrected chi connectivity index (χ4v) is 4.85. The molecule has 0 spiro atoms. The molecule has 0 amide bonds. The smallest absolute Gasteiger partial charge is 0.308 e. The molecule has 0 radical (unpaired) electrons. The number of methoxy groups -OCH3 is 1. The number of carbonyl (C=O) groups is 1. The SMILES string of the molecule is COC(=O)CC(N1CCOCC1)S(=O)(=O)c1ccc2ccccc2c1. The zero-order valence-corrected chi connectivity index (χ0v) is 14.9. The van der Waals surface area contributed by atoms with Crippen LogP contribution in [-0.4, -0.2) is 58.1 Å². The number of nitrogens with zero attached hydrogens (tertiary/aromatic N) is 1. The van der Waals surface area contributed by atoms with E-state index in [1.54, 1.807) is 23.1 Å². The van der Waals surface area contributed by atoms with Crippen LogP contribution < -0.4 is 0 Å². The van der Waals surface area contributed by atoms with Gasteiger partial charge in [-0.15, -0.1) is 0 Å². The molecule has 2 aromatic carbocycles. The van der Waals surface area contributed by atoms with Gasteiger partial charge in [-0.1, -0.05) is 30.3 Å². The third-order valence-electron chi connectivity index (χ3n) is 4.43. The lowest BCUT2D eigenvalue weighted by molar-refractivity contribution is -0.141. The molecule has 3 rings (SSSR count). The fourth-order valence-electron chi connectivity index (χ4n) is 3.03. The second-order valence-electron chi connectivity index (χ2n) is 5.94. The molecule has 1 saturated heterocycles. The summed E-state index contributed by atoms with van der Waals surface area (Å²) in [6, 6.07) is 12.6. The second kappa shape index (κ2) is 7.51. The molecule has 1 aliphatic heterocycles. The van der Waals surface area contributed by atoms with Crippen molar-refractivity contribution < 1.29 is 22.7 Å². The summed E-state index contributed by atoms with van der Waals surface area (Å²) in [5.41, 5.74) is 0. The van der Waals surface area contributed by atoms with Gasteiger partial charge in [-0.25, -0.2) is 8.42 Å². The van der Waals surface area contributed by atoms with Gasteiger partial charge >= 0.3 is 5.97 Å². The van der Waals surface area contributed by atoms with E-state index in [1.807, 2.05) is 24.3 Å². The van der Waals surface area contributed by atoms with Crippen molar-refractivity contribution in [2.75, 3.05) is 33.4 Å². The van der Waals surface area contributed by atoms with Crippen LogP contribution in [-0.2, 0) is 24.1 Å². The Morgan fingerprint density at radius 3 is 2.52 bits per heavy atom. The average Bonchev–Trinajstić information content (AvgIpc) is 2.66. The van der Waals surface area contributed by atoms with Gasteiger partial charge in [0.05, 0.1) is 31.6 Å². The first kappa shape index (κ1) is 17.8. The predicted octanol–water partition coefficient (Wildman–Crippen LogP) is 1.83. The number of benzene rings is 2. The first-order chi connectivity index (χ1) is 12.0. The quantitative estimate of drug-likeness (QED) is 0.755. The zero-order chi connectivity index (χ0) is 17.9. The molecule has 1 heterocycles. The molecular formula is C18H21NO5S. The molecule has 0 saturated carbocycles. The van der Waals surface area contributed by atoms with Gasteiger partial charge in [0, 0.05) is 13.1 Å². The molecule has 25 heavy (non-hydrogen) atoms. The van der Waals surface area contributed by atoms with Crippen LogP contribution in [0, 0.1) is 0 Å². The van der Waals surface area contributed by atoms with Crippen LogP contribution in [0.2, 0.25) is 0 Å². The highest BCUT2D eigenvalue weighted by atomic mass is 32.2. The van der Waals surface area contributed by atoms with E-state index in [9.17, 15) is 13.2 Å². The van der Waals surface area contributed by atoms with E-state index < -0.39 is 21.2 Å². The summed E-state index contributed by atoms with van der Waals surface area (Å²) in [7, 11) is -2.46. The molecule has 0 aromatic heterocycles. The summed E-state index contributed by atoms with van der Waals surface area (Å²) in [5.74, 6) is -0.541. The van der Waals surface area contributed by atoms with E-state index in [4.69, 9.17) is 9.47 Å². The molecule has 7 heteroatoms. The lowest BCUT2D eigenvalue weighted by atomic mass is 10.1. The van der Waals surface area contributed by atoms with Gasteiger partial charge in [0.15, 0.2) is 9.84 Å². The highest BCUT2D eigenvalue weighted by Crippen LogP contribution is 2.26. The monoisotopic (exact) mass is 363 g/mol. The van der Waals surface area contributed by atoms with E-state index >= 15 is 0 Å². The van der Waals surface area contributed by atoms with Gasteiger partial charge in [0.25, 0.3) is 0 Å². The maximum atomic E-state index is 13.2. The van der Waals surface area contributed by atoms with Gasteiger partial charge in [0.2, 0.25) is 0 Å². The molecule has 1 unspecified atom stereocenters. The van der Waals surface area contributed by atoms with Crippen LogP contribution in [0.25, 0.3) is 10.8 Å². The highest BCUT2D eigenvalue weighted by molar-refractivity contribution is 7.92. The summed E-state index contributed by atoms with van der Waals surface area (Å²) in [5, 5.41) is 0.865. The molecule has 0 aliphatic carbocycles. The van der Waals surface area contributed by atoms with E-state index in [2.05, 4.69) is 0 Å². The molecule has 1 aliphatic rings. The molecule has 2 aromatic rings. The van der Waals surface area contributed by atoms with Gasteiger partial charge in [0.1, 0.15) is 5.37 Å². The van der Waals surface area contributed by atoms with Crippen LogP contribution >= 0.6 is 0 Å². The van der Waals surface area contributed by atoms with Crippen molar-refractivity contribution in [2.45, 2.75) is 16.7 Å². The third-order valence-corrected chi connectivity index (χ3v) is 6.52. The first-order valence-electron chi connectivity index (χ1n) is 8.13. The van der Waals surface area contributed by atoms with Gasteiger partial charge in [-0.3, -0.25) is 9.69 Å². The number of esters is 1. The maximum absolute atomic E-state index is 13.2. The lowest BCUT2D eigenvalue weighted by Crippen LogP contribution is -2.48. The number of morpholine rings is 1. The van der Waals surface area contributed by atoms with Crippen molar-refractivity contribution >= 4 is 26.6 Å². The Morgan fingerprint density at radius 2 is 1.84 bits per heavy atom. The van der Waals surface area contributed by atoms with Crippen LogP contribution in [0.15, 0.2) is 47.4 Å². The van der Waals surface area contributed by atoms with Gasteiger partial charge in [-0.05, 0) is 22.9 Å². The van der Waals surface area contributed by atoms with Gasteiger partial charge in [-0.2, -0.15) is 0 Å². The first-order valence-corrected chi connectivity index (χ1v) is 9.68. The highest BCUT2D eigenvalue weighted by Gasteiger charge is 2.36. The van der Waals surface area contributed by atoms with Crippen molar-refractivity contribution in [1.82, 2.24) is 4.90 Å². The number of sulfone groups is 1. The normalized spacial score (nSPS) is 17.3. The number of carbonyl (C=O) groups excluding carboxylic acids is 1. The van der Waals surface area contributed by atoms with Crippen molar-refractivity contribution in [1.29, 1.82) is 0 Å². The van der Waals surface area contributed by atoms with Crippen LogP contribution in [0.1, 0.15) is 6.42 Å². The minimum atomic E-state index is -3.73. The van der Waals surface area contributed by atoms with E-state index in [1.165, 1.54) is 7.11 Å². The largest absolute Gasteiger partial charge is 0.469 e. The zero-order valence-electron chi connectivity index (χ0n) is 14.1. The Hall–Kier alpha value is -1.96. The molecule has 1 atom stereocenters. The number of hydrogen-bond donors (Lipinski definition) is 0. The summed E-state index contributed by atoms with van der Waals surface area (Å²) < 4.78 is 36.5. The summed E-state index contributed by atoms with van der Waals surface area (Å²) in [4.78, 5) is 13.8. The predicted molar refractivity (Wildman–Crippen MR) is 93.9 cm³/mol. The average molecular weight is 363 g/mol. The molecule has 6 nitrogen and oxygen atoms in total. The van der Waals surface area contributed by atoms with E-state index in [0.717, 1.165) is 10.8 Å². The van der Waals surface area contributed by atoms with Crippen LogP contribution in [0.4, 0.5) is 0 Å². The second-order valence-corrected chi connectivity index (χ2v) is 8.04. The van der Waals surface area contributed by atoms with Crippen molar-refractivity contribution in [3.05, 3.63) is 42.5 Å². The summed E-state index contributed by atoms with van der Waals surface area (Å²) in [6.45, 7) is 1.83. The third kappa shape index (κ3) is 3.84. The Kier molecular flexibility index (Phi) is 5.36. The standard InChI is InChI=1S/C18H21NO5S/c1-23-18(20)13-17(19-8-10-24-11-9-19)25(21,22)16-7-6-14-4-2-3-5-15(14)12-16/h2-7,12,17H,8-11,13H2,1H3. The Balaban J connectivity index is 1.99. The molecule has 1 fully saturated rings. The van der Waals surface area contributed by atoms with E-state index in [0.29, 0.717) is 26.3 Å². The number of hydrogen-bond acceptors (Lipinski definition) is 6. The molecule has 134 valence electrons. The Labute approximate surface area is 147 Å². The lowest BCUT2D eigenvalue weighted by Gasteiger charge is -2.33. The van der Waals surface area contributed by atoms with E-state index in [-0.39, 0.29) is 11.3 Å². The number of fused-ring (bicyclic) bond motifs is 1. The Morgan fingerprint density at radius 1 is 1.16 bits per heavy atom. The topological polar surface area (TPSA) is 72.9 Å². The van der Waals surface area contributed by atoms with Gasteiger partial charge < -0.3 is 9.47 Å². The molecular weight excluding hydrogens is 342 g/mol.